The number of rotatable bonds is 1. The van der Waals surface area contributed by atoms with E-state index in [1.54, 1.807) is 13.8 Å². The van der Waals surface area contributed by atoms with Crippen LogP contribution < -0.4 is 5.56 Å². The lowest BCUT2D eigenvalue weighted by atomic mass is 10.2. The molecule has 0 unspecified atom stereocenters. The van der Waals surface area contributed by atoms with E-state index in [9.17, 15) is 4.79 Å². The maximum Gasteiger partial charge on any atom is 0.251 e. The van der Waals surface area contributed by atoms with E-state index in [1.807, 2.05) is 0 Å². The number of aryl methyl sites for hydroxylation is 2. The van der Waals surface area contributed by atoms with Crippen molar-refractivity contribution >= 4 is 0 Å². The predicted octanol–water partition coefficient (Wildman–Crippen LogP) is 1.04. The van der Waals surface area contributed by atoms with Gasteiger partial charge in [0.1, 0.15) is 11.6 Å². The third-order valence-corrected chi connectivity index (χ3v) is 1.94. The Morgan fingerprint density at radius 1 is 1.43 bits per heavy atom. The molecule has 14 heavy (non-hydrogen) atoms. The molecule has 5 heteroatoms. The molecule has 0 radical (unpaired) electrons. The van der Waals surface area contributed by atoms with Crippen molar-refractivity contribution < 1.29 is 4.52 Å². The van der Waals surface area contributed by atoms with Crippen LogP contribution in [0.4, 0.5) is 0 Å². The Morgan fingerprint density at radius 2 is 2.21 bits per heavy atom. The van der Waals surface area contributed by atoms with Gasteiger partial charge in [-0.25, -0.2) is 4.98 Å². The SMILES string of the molecule is Cc1noc(C)c1-c1nccc(=O)[nH]1. The van der Waals surface area contributed by atoms with Gasteiger partial charge in [-0.15, -0.1) is 0 Å². The number of aromatic amines is 1. The van der Waals surface area contributed by atoms with Crippen molar-refractivity contribution in [3.63, 3.8) is 0 Å². The molecule has 0 aromatic carbocycles. The predicted molar refractivity (Wildman–Crippen MR) is 49.8 cm³/mol. The van der Waals surface area contributed by atoms with Crippen LogP contribution in [0.15, 0.2) is 21.6 Å². The van der Waals surface area contributed by atoms with E-state index in [0.717, 1.165) is 11.3 Å². The molecular formula is C9H9N3O2. The molecule has 0 aliphatic carbocycles. The van der Waals surface area contributed by atoms with Gasteiger partial charge >= 0.3 is 0 Å². The summed E-state index contributed by atoms with van der Waals surface area (Å²) in [6.45, 7) is 3.58. The van der Waals surface area contributed by atoms with E-state index in [1.165, 1.54) is 12.3 Å². The second-order valence-corrected chi connectivity index (χ2v) is 2.98. The number of aromatic nitrogens is 3. The highest BCUT2D eigenvalue weighted by Crippen LogP contribution is 2.21. The minimum atomic E-state index is -0.185. The van der Waals surface area contributed by atoms with E-state index in [4.69, 9.17) is 4.52 Å². The summed E-state index contributed by atoms with van der Waals surface area (Å²) < 4.78 is 4.98. The largest absolute Gasteiger partial charge is 0.361 e. The Hall–Kier alpha value is -1.91. The zero-order chi connectivity index (χ0) is 10.1. The molecule has 0 aliphatic heterocycles. The van der Waals surface area contributed by atoms with Crippen LogP contribution in [0.2, 0.25) is 0 Å². The van der Waals surface area contributed by atoms with E-state index in [-0.39, 0.29) is 5.56 Å². The number of nitrogens with zero attached hydrogens (tertiary/aromatic N) is 2. The molecule has 2 aromatic heterocycles. The number of H-pyrrole nitrogens is 1. The summed E-state index contributed by atoms with van der Waals surface area (Å²) in [5.41, 5.74) is 1.29. The molecule has 0 aliphatic rings. The molecule has 0 saturated heterocycles. The van der Waals surface area contributed by atoms with E-state index in [0.29, 0.717) is 11.6 Å². The van der Waals surface area contributed by atoms with Gasteiger partial charge in [0.05, 0.1) is 11.3 Å². The highest BCUT2D eigenvalue weighted by Gasteiger charge is 2.12. The summed E-state index contributed by atoms with van der Waals surface area (Å²) in [5, 5.41) is 3.79. The van der Waals surface area contributed by atoms with Gasteiger partial charge in [-0.3, -0.25) is 4.79 Å². The molecule has 0 spiro atoms. The van der Waals surface area contributed by atoms with Crippen LogP contribution in [0.3, 0.4) is 0 Å². The highest BCUT2D eigenvalue weighted by molar-refractivity contribution is 5.59. The van der Waals surface area contributed by atoms with Crippen molar-refractivity contribution in [1.82, 2.24) is 15.1 Å². The molecule has 2 aromatic rings. The fraction of sp³-hybridized carbons (Fsp3) is 0.222. The van der Waals surface area contributed by atoms with Gasteiger partial charge in [0.25, 0.3) is 5.56 Å². The molecule has 0 fully saturated rings. The number of hydrogen-bond donors (Lipinski definition) is 1. The third-order valence-electron chi connectivity index (χ3n) is 1.94. The summed E-state index contributed by atoms with van der Waals surface area (Å²) in [4.78, 5) is 17.7. The average molecular weight is 191 g/mol. The number of nitrogens with one attached hydrogen (secondary N) is 1. The minimum Gasteiger partial charge on any atom is -0.361 e. The van der Waals surface area contributed by atoms with Crippen molar-refractivity contribution in [2.24, 2.45) is 0 Å². The summed E-state index contributed by atoms with van der Waals surface area (Å²) in [5.74, 6) is 1.14. The van der Waals surface area contributed by atoms with Crippen molar-refractivity contribution in [2.45, 2.75) is 13.8 Å². The molecular weight excluding hydrogens is 182 g/mol. The van der Waals surface area contributed by atoms with Crippen molar-refractivity contribution in [3.8, 4) is 11.4 Å². The number of hydrogen-bond acceptors (Lipinski definition) is 4. The second-order valence-electron chi connectivity index (χ2n) is 2.98. The monoisotopic (exact) mass is 191 g/mol. The van der Waals surface area contributed by atoms with Gasteiger partial charge in [-0.1, -0.05) is 5.16 Å². The van der Waals surface area contributed by atoms with Crippen LogP contribution in [-0.2, 0) is 0 Å². The Labute approximate surface area is 79.8 Å². The Kier molecular flexibility index (Phi) is 1.92. The quantitative estimate of drug-likeness (QED) is 0.731. The normalized spacial score (nSPS) is 10.4. The van der Waals surface area contributed by atoms with Gasteiger partial charge in [0.15, 0.2) is 0 Å². The van der Waals surface area contributed by atoms with Gasteiger partial charge in [-0.2, -0.15) is 0 Å². The average Bonchev–Trinajstić information content (AvgIpc) is 2.46. The Balaban J connectivity index is 2.65. The molecule has 72 valence electrons. The molecule has 0 saturated carbocycles. The first-order chi connectivity index (χ1) is 6.68. The molecule has 0 amide bonds. The molecule has 0 atom stereocenters. The fourth-order valence-electron chi connectivity index (χ4n) is 1.32. The van der Waals surface area contributed by atoms with Gasteiger partial charge in [-0.05, 0) is 13.8 Å². The summed E-state index contributed by atoms with van der Waals surface area (Å²) in [6.07, 6.45) is 1.46. The summed E-state index contributed by atoms with van der Waals surface area (Å²) in [7, 11) is 0. The van der Waals surface area contributed by atoms with Crippen LogP contribution in [0.1, 0.15) is 11.5 Å². The van der Waals surface area contributed by atoms with Crippen molar-refractivity contribution in [2.75, 3.05) is 0 Å². The fourth-order valence-corrected chi connectivity index (χ4v) is 1.32. The minimum absolute atomic E-state index is 0.185. The first-order valence-corrected chi connectivity index (χ1v) is 4.17. The Morgan fingerprint density at radius 3 is 2.79 bits per heavy atom. The van der Waals surface area contributed by atoms with Crippen molar-refractivity contribution in [3.05, 3.63) is 34.1 Å². The van der Waals surface area contributed by atoms with Crippen LogP contribution in [0.25, 0.3) is 11.4 Å². The smallest absolute Gasteiger partial charge is 0.251 e. The standard InChI is InChI=1S/C9H9N3O2/c1-5-8(6(2)14-12-5)9-10-4-3-7(13)11-9/h3-4H,1-2H3,(H,10,11,13). The lowest BCUT2D eigenvalue weighted by molar-refractivity contribution is 0.393. The first kappa shape index (κ1) is 8.68. The van der Waals surface area contributed by atoms with Crippen LogP contribution in [-0.4, -0.2) is 15.1 Å². The molecule has 2 heterocycles. The lowest BCUT2D eigenvalue weighted by Gasteiger charge is -1.96. The Bertz CT molecular complexity index is 493. The summed E-state index contributed by atoms with van der Waals surface area (Å²) >= 11 is 0. The summed E-state index contributed by atoms with van der Waals surface area (Å²) in [6, 6.07) is 1.36. The zero-order valence-corrected chi connectivity index (χ0v) is 7.87. The van der Waals surface area contributed by atoms with Gasteiger partial charge in [0.2, 0.25) is 0 Å². The molecule has 5 nitrogen and oxygen atoms in total. The zero-order valence-electron chi connectivity index (χ0n) is 7.87. The van der Waals surface area contributed by atoms with Crippen LogP contribution >= 0.6 is 0 Å². The highest BCUT2D eigenvalue weighted by atomic mass is 16.5. The van der Waals surface area contributed by atoms with Gasteiger partial charge < -0.3 is 9.51 Å². The van der Waals surface area contributed by atoms with Gasteiger partial charge in [0, 0.05) is 12.3 Å². The second kappa shape index (κ2) is 3.10. The van der Waals surface area contributed by atoms with E-state index >= 15 is 0 Å². The maximum absolute atomic E-state index is 11.1. The van der Waals surface area contributed by atoms with Crippen LogP contribution in [0, 0.1) is 13.8 Å². The molecule has 2 rings (SSSR count). The van der Waals surface area contributed by atoms with Crippen LogP contribution in [0.5, 0.6) is 0 Å². The lowest BCUT2D eigenvalue weighted by Crippen LogP contribution is -2.06. The molecule has 0 bridgehead atoms. The van der Waals surface area contributed by atoms with E-state index < -0.39 is 0 Å². The third kappa shape index (κ3) is 1.32. The van der Waals surface area contributed by atoms with E-state index in [2.05, 4.69) is 15.1 Å². The first-order valence-electron chi connectivity index (χ1n) is 4.17. The molecule has 1 N–H and O–H groups in total. The maximum atomic E-state index is 11.1. The van der Waals surface area contributed by atoms with Crippen molar-refractivity contribution in [1.29, 1.82) is 0 Å². The topological polar surface area (TPSA) is 71.8 Å².